The first-order valence-corrected chi connectivity index (χ1v) is 11.5. The molecule has 0 spiro atoms. The Balaban J connectivity index is 1.67. The standard InChI is InChI=1S/C27H24BrN3O3/c1-29-23-16-22(28)12-13-24(23)31(19-32)25-14-15-26(33-17-20-8-4-2-5-9-20)30-27(25)34-18-21-10-6-3-7-11-21/h2-16,19,29H,17-18H2,1H3. The third-order valence-corrected chi connectivity index (χ3v) is 5.61. The van der Waals surface area contributed by atoms with E-state index in [9.17, 15) is 4.79 Å². The van der Waals surface area contributed by atoms with Crippen molar-refractivity contribution in [2.75, 3.05) is 17.3 Å². The summed E-state index contributed by atoms with van der Waals surface area (Å²) in [5.41, 5.74) is 3.98. The number of amides is 1. The van der Waals surface area contributed by atoms with E-state index < -0.39 is 0 Å². The van der Waals surface area contributed by atoms with Crippen molar-refractivity contribution in [3.63, 3.8) is 0 Å². The van der Waals surface area contributed by atoms with Crippen molar-refractivity contribution < 1.29 is 14.3 Å². The molecule has 1 heterocycles. The Morgan fingerprint density at radius 3 is 2.09 bits per heavy atom. The summed E-state index contributed by atoms with van der Waals surface area (Å²) in [6.45, 7) is 0.675. The molecule has 0 radical (unpaired) electrons. The van der Waals surface area contributed by atoms with Gasteiger partial charge in [-0.15, -0.1) is 0 Å². The summed E-state index contributed by atoms with van der Waals surface area (Å²) in [6, 6.07) is 28.8. The molecule has 4 aromatic rings. The van der Waals surface area contributed by atoms with E-state index >= 15 is 0 Å². The fourth-order valence-corrected chi connectivity index (χ4v) is 3.77. The fourth-order valence-electron chi connectivity index (χ4n) is 3.41. The first-order valence-electron chi connectivity index (χ1n) is 10.7. The van der Waals surface area contributed by atoms with Crippen molar-refractivity contribution in [3.05, 3.63) is 107 Å². The number of anilines is 3. The summed E-state index contributed by atoms with van der Waals surface area (Å²) in [6.07, 6.45) is 0.751. The van der Waals surface area contributed by atoms with Crippen LogP contribution in [0.5, 0.6) is 11.8 Å². The highest BCUT2D eigenvalue weighted by Gasteiger charge is 2.19. The average molecular weight is 518 g/mol. The molecule has 172 valence electrons. The maximum Gasteiger partial charge on any atom is 0.242 e. The van der Waals surface area contributed by atoms with E-state index in [4.69, 9.17) is 9.47 Å². The zero-order valence-electron chi connectivity index (χ0n) is 18.6. The highest BCUT2D eigenvalue weighted by molar-refractivity contribution is 9.10. The first kappa shape index (κ1) is 23.3. The molecule has 0 aliphatic rings. The second-order valence-electron chi connectivity index (χ2n) is 7.41. The minimum Gasteiger partial charge on any atom is -0.473 e. The lowest BCUT2D eigenvalue weighted by molar-refractivity contribution is -0.106. The van der Waals surface area contributed by atoms with Crippen LogP contribution in [-0.2, 0) is 18.0 Å². The predicted molar refractivity (Wildman–Crippen MR) is 138 cm³/mol. The van der Waals surface area contributed by atoms with Crippen LogP contribution in [0, 0.1) is 0 Å². The molecule has 6 nitrogen and oxygen atoms in total. The monoisotopic (exact) mass is 517 g/mol. The van der Waals surface area contributed by atoms with Gasteiger partial charge in [-0.2, -0.15) is 4.98 Å². The fraction of sp³-hybridized carbons (Fsp3) is 0.111. The maximum absolute atomic E-state index is 12.3. The summed E-state index contributed by atoms with van der Waals surface area (Å²) < 4.78 is 12.9. The lowest BCUT2D eigenvalue weighted by atomic mass is 10.2. The van der Waals surface area contributed by atoms with E-state index in [1.54, 1.807) is 19.2 Å². The number of pyridine rings is 1. The van der Waals surface area contributed by atoms with Crippen LogP contribution in [-0.4, -0.2) is 18.4 Å². The summed E-state index contributed by atoms with van der Waals surface area (Å²) >= 11 is 3.48. The van der Waals surface area contributed by atoms with Crippen molar-refractivity contribution in [2.24, 2.45) is 0 Å². The molecule has 34 heavy (non-hydrogen) atoms. The second kappa shape index (κ2) is 11.3. The molecule has 3 aromatic carbocycles. The maximum atomic E-state index is 12.3. The number of hydrogen-bond donors (Lipinski definition) is 1. The highest BCUT2D eigenvalue weighted by Crippen LogP contribution is 2.38. The van der Waals surface area contributed by atoms with Gasteiger partial charge in [-0.05, 0) is 35.4 Å². The van der Waals surface area contributed by atoms with E-state index in [2.05, 4.69) is 26.2 Å². The van der Waals surface area contributed by atoms with Crippen LogP contribution in [0.25, 0.3) is 0 Å². The van der Waals surface area contributed by atoms with Gasteiger partial charge in [0.1, 0.15) is 18.9 Å². The number of carbonyl (C=O) groups is 1. The van der Waals surface area contributed by atoms with Crippen LogP contribution in [0.2, 0.25) is 0 Å². The normalized spacial score (nSPS) is 10.4. The SMILES string of the molecule is CNc1cc(Br)ccc1N(C=O)c1ccc(OCc2ccccc2)nc1OCc1ccccc1. The van der Waals surface area contributed by atoms with Gasteiger partial charge in [0.2, 0.25) is 18.2 Å². The van der Waals surface area contributed by atoms with Crippen molar-refractivity contribution >= 4 is 39.4 Å². The van der Waals surface area contributed by atoms with Crippen molar-refractivity contribution in [1.82, 2.24) is 4.98 Å². The number of rotatable bonds is 10. The van der Waals surface area contributed by atoms with Crippen LogP contribution in [0.1, 0.15) is 11.1 Å². The second-order valence-corrected chi connectivity index (χ2v) is 8.32. The molecular weight excluding hydrogens is 494 g/mol. The average Bonchev–Trinajstić information content (AvgIpc) is 2.89. The summed E-state index contributed by atoms with van der Waals surface area (Å²) in [5.74, 6) is 0.706. The Labute approximate surface area is 207 Å². The van der Waals surface area contributed by atoms with Gasteiger partial charge in [0, 0.05) is 17.6 Å². The number of carbonyl (C=O) groups excluding carboxylic acids is 1. The zero-order chi connectivity index (χ0) is 23.8. The molecule has 0 unspecified atom stereocenters. The lowest BCUT2D eigenvalue weighted by Gasteiger charge is -2.23. The molecule has 0 saturated carbocycles. The van der Waals surface area contributed by atoms with Gasteiger partial charge < -0.3 is 14.8 Å². The smallest absolute Gasteiger partial charge is 0.242 e. The van der Waals surface area contributed by atoms with Gasteiger partial charge in [-0.3, -0.25) is 9.69 Å². The summed E-state index contributed by atoms with van der Waals surface area (Å²) in [4.78, 5) is 18.4. The lowest BCUT2D eigenvalue weighted by Crippen LogP contribution is -2.17. The Kier molecular flexibility index (Phi) is 7.78. The molecule has 0 bridgehead atoms. The molecule has 0 aliphatic carbocycles. The molecule has 0 fully saturated rings. The number of nitrogens with zero attached hydrogens (tertiary/aromatic N) is 2. The molecule has 4 rings (SSSR count). The molecule has 7 heteroatoms. The van der Waals surface area contributed by atoms with E-state index in [0.29, 0.717) is 36.3 Å². The van der Waals surface area contributed by atoms with Crippen LogP contribution in [0.3, 0.4) is 0 Å². The van der Waals surface area contributed by atoms with E-state index in [0.717, 1.165) is 27.7 Å². The van der Waals surface area contributed by atoms with E-state index in [-0.39, 0.29) is 0 Å². The van der Waals surface area contributed by atoms with Crippen molar-refractivity contribution in [2.45, 2.75) is 13.2 Å². The minimum atomic E-state index is 0.298. The largest absolute Gasteiger partial charge is 0.473 e. The van der Waals surface area contributed by atoms with Crippen LogP contribution < -0.4 is 19.7 Å². The molecule has 1 aromatic heterocycles. The Bertz CT molecular complexity index is 1240. The Hall–Kier alpha value is -3.84. The van der Waals surface area contributed by atoms with Gasteiger partial charge in [0.25, 0.3) is 0 Å². The summed E-state index contributed by atoms with van der Waals surface area (Å²) in [5, 5.41) is 3.13. The number of ether oxygens (including phenoxy) is 2. The quantitative estimate of drug-likeness (QED) is 0.248. The van der Waals surface area contributed by atoms with E-state index in [1.165, 1.54) is 4.90 Å². The first-order chi connectivity index (χ1) is 16.7. The van der Waals surface area contributed by atoms with Gasteiger partial charge >= 0.3 is 0 Å². The molecule has 1 amide bonds. The Morgan fingerprint density at radius 1 is 0.853 bits per heavy atom. The topological polar surface area (TPSA) is 63.7 Å². The van der Waals surface area contributed by atoms with E-state index in [1.807, 2.05) is 78.9 Å². The number of halogens is 1. The van der Waals surface area contributed by atoms with Crippen molar-refractivity contribution in [1.29, 1.82) is 0 Å². The minimum absolute atomic E-state index is 0.298. The Morgan fingerprint density at radius 2 is 1.47 bits per heavy atom. The number of nitrogens with one attached hydrogen (secondary N) is 1. The molecular formula is C27H24BrN3O3. The zero-order valence-corrected chi connectivity index (χ0v) is 20.2. The summed E-state index contributed by atoms with van der Waals surface area (Å²) in [7, 11) is 1.81. The number of hydrogen-bond acceptors (Lipinski definition) is 5. The van der Waals surface area contributed by atoms with Crippen LogP contribution in [0.4, 0.5) is 17.1 Å². The van der Waals surface area contributed by atoms with Gasteiger partial charge in [0.05, 0.1) is 11.4 Å². The van der Waals surface area contributed by atoms with Gasteiger partial charge in [0.15, 0.2) is 0 Å². The third kappa shape index (κ3) is 5.74. The molecule has 0 aliphatic heterocycles. The van der Waals surface area contributed by atoms with Crippen LogP contribution >= 0.6 is 15.9 Å². The number of aromatic nitrogens is 1. The molecule has 0 atom stereocenters. The van der Waals surface area contributed by atoms with Crippen molar-refractivity contribution in [3.8, 4) is 11.8 Å². The van der Waals surface area contributed by atoms with Gasteiger partial charge in [-0.25, -0.2) is 0 Å². The van der Waals surface area contributed by atoms with Gasteiger partial charge in [-0.1, -0.05) is 76.6 Å². The highest BCUT2D eigenvalue weighted by atomic mass is 79.9. The van der Waals surface area contributed by atoms with Crippen LogP contribution in [0.15, 0.2) is 95.5 Å². The predicted octanol–water partition coefficient (Wildman–Crippen LogP) is 6.34. The molecule has 0 saturated heterocycles. The number of benzene rings is 3. The molecule has 1 N–H and O–H groups in total. The third-order valence-electron chi connectivity index (χ3n) is 5.11.